The average Bonchev–Trinajstić information content (AvgIpc) is 3.55. The van der Waals surface area contributed by atoms with Gasteiger partial charge in [0.25, 0.3) is 0 Å². The zero-order valence-corrected chi connectivity index (χ0v) is 36.8. The van der Waals surface area contributed by atoms with E-state index in [-0.39, 0.29) is 25.5 Å². The van der Waals surface area contributed by atoms with E-state index in [4.69, 9.17) is 9.97 Å². The molecule has 0 bridgehead atoms. The SMILES string of the molecule is CC(C)(C)Cc1cc(-c2[c-]cccc2)ncc1[Si](C)(C)C.[Ir].[c-]1cc(-c2ccccc2)c2c(sc3ccccc32)c1-c1cc(CC2CCCCC2)ccn1. The van der Waals surface area contributed by atoms with Crippen molar-refractivity contribution in [3.05, 3.63) is 139 Å². The van der Waals surface area contributed by atoms with Crippen LogP contribution in [0.4, 0.5) is 0 Å². The minimum atomic E-state index is -1.37. The van der Waals surface area contributed by atoms with E-state index in [1.54, 1.807) is 0 Å². The predicted molar refractivity (Wildman–Crippen MR) is 232 cm³/mol. The van der Waals surface area contributed by atoms with Gasteiger partial charge in [0.2, 0.25) is 0 Å². The van der Waals surface area contributed by atoms with Crippen LogP contribution in [0.1, 0.15) is 64.0 Å². The third-order valence-electron chi connectivity index (χ3n) is 10.4. The van der Waals surface area contributed by atoms with Gasteiger partial charge in [0.1, 0.15) is 0 Å². The van der Waals surface area contributed by atoms with Crippen molar-refractivity contribution >= 4 is 44.8 Å². The van der Waals surface area contributed by atoms with Gasteiger partial charge in [-0.3, -0.25) is 0 Å². The number of benzene rings is 4. The number of hydrogen-bond acceptors (Lipinski definition) is 3. The van der Waals surface area contributed by atoms with Crippen LogP contribution in [0.5, 0.6) is 0 Å². The summed E-state index contributed by atoms with van der Waals surface area (Å²) >= 11 is 1.86. The second-order valence-electron chi connectivity index (χ2n) is 17.0. The Kier molecular flexibility index (Phi) is 12.9. The van der Waals surface area contributed by atoms with Gasteiger partial charge < -0.3 is 9.97 Å². The first kappa shape index (κ1) is 39.9. The first-order valence-electron chi connectivity index (χ1n) is 19.4. The molecule has 1 radical (unpaired) electrons. The van der Waals surface area contributed by atoms with Crippen LogP contribution >= 0.6 is 11.3 Å². The van der Waals surface area contributed by atoms with E-state index < -0.39 is 8.07 Å². The second-order valence-corrected chi connectivity index (χ2v) is 23.1. The smallest absolute Gasteiger partial charge is 0.0798 e. The minimum Gasteiger partial charge on any atom is -0.305 e. The molecular formula is C49H52IrN2SSi-2. The summed E-state index contributed by atoms with van der Waals surface area (Å²) < 4.78 is 2.61. The van der Waals surface area contributed by atoms with Gasteiger partial charge in [-0.1, -0.05) is 161 Å². The molecule has 0 aliphatic heterocycles. The summed E-state index contributed by atoms with van der Waals surface area (Å²) in [7, 11) is -1.37. The summed E-state index contributed by atoms with van der Waals surface area (Å²) in [5.74, 6) is 0.827. The van der Waals surface area contributed by atoms with Crippen LogP contribution in [0, 0.1) is 23.5 Å². The van der Waals surface area contributed by atoms with Crippen LogP contribution in [-0.2, 0) is 32.9 Å². The van der Waals surface area contributed by atoms with Crippen LogP contribution in [-0.4, -0.2) is 18.0 Å². The molecule has 1 aliphatic carbocycles. The molecule has 0 amide bonds. The molecule has 8 rings (SSSR count). The maximum Gasteiger partial charge on any atom is 0.0798 e. The molecule has 3 aromatic heterocycles. The maximum absolute atomic E-state index is 4.80. The van der Waals surface area contributed by atoms with Gasteiger partial charge in [0.05, 0.1) is 8.07 Å². The average molecular weight is 921 g/mol. The fourth-order valence-corrected chi connectivity index (χ4v) is 10.7. The molecule has 3 heterocycles. The molecular weight excluding hydrogens is 869 g/mol. The van der Waals surface area contributed by atoms with E-state index in [1.807, 2.05) is 35.7 Å². The molecule has 0 atom stereocenters. The molecule has 54 heavy (non-hydrogen) atoms. The second kappa shape index (κ2) is 17.4. The number of pyridine rings is 2. The first-order chi connectivity index (χ1) is 25.5. The molecule has 1 fully saturated rings. The van der Waals surface area contributed by atoms with E-state index in [2.05, 4.69) is 144 Å². The summed E-state index contributed by atoms with van der Waals surface area (Å²) in [6, 6.07) is 43.4. The molecule has 0 spiro atoms. The Morgan fingerprint density at radius 3 is 2.26 bits per heavy atom. The van der Waals surface area contributed by atoms with E-state index >= 15 is 0 Å². The molecule has 7 aromatic rings. The Hall–Kier alpha value is -3.73. The maximum atomic E-state index is 4.80. The van der Waals surface area contributed by atoms with Crippen LogP contribution < -0.4 is 5.19 Å². The fraction of sp³-hybridized carbons (Fsp3) is 0.306. The van der Waals surface area contributed by atoms with Crippen molar-refractivity contribution in [3.63, 3.8) is 0 Å². The monoisotopic (exact) mass is 921 g/mol. The fourth-order valence-electron chi connectivity index (χ4n) is 7.86. The summed E-state index contributed by atoms with van der Waals surface area (Å²) in [5, 5.41) is 4.13. The van der Waals surface area contributed by atoms with Gasteiger partial charge in [-0.2, -0.15) is 11.3 Å². The normalized spacial score (nSPS) is 13.7. The van der Waals surface area contributed by atoms with Crippen LogP contribution in [0.2, 0.25) is 19.6 Å². The molecule has 2 nitrogen and oxygen atoms in total. The zero-order valence-electron chi connectivity index (χ0n) is 32.6. The Morgan fingerprint density at radius 1 is 0.796 bits per heavy atom. The van der Waals surface area contributed by atoms with E-state index in [9.17, 15) is 0 Å². The molecule has 0 saturated heterocycles. The zero-order chi connectivity index (χ0) is 37.0. The topological polar surface area (TPSA) is 25.8 Å². The number of aromatic nitrogens is 2. The third-order valence-corrected chi connectivity index (χ3v) is 13.6. The van der Waals surface area contributed by atoms with Gasteiger partial charge in [-0.15, -0.1) is 53.6 Å². The largest absolute Gasteiger partial charge is 0.305 e. The summed E-state index contributed by atoms with van der Waals surface area (Å²) in [6.07, 6.45) is 13.3. The van der Waals surface area contributed by atoms with Crippen molar-refractivity contribution in [2.75, 3.05) is 0 Å². The van der Waals surface area contributed by atoms with Crippen molar-refractivity contribution in [1.29, 1.82) is 0 Å². The van der Waals surface area contributed by atoms with Gasteiger partial charge in [0.15, 0.2) is 0 Å². The Morgan fingerprint density at radius 2 is 1.54 bits per heavy atom. The quantitative estimate of drug-likeness (QED) is 0.118. The molecule has 0 N–H and O–H groups in total. The molecule has 1 aliphatic rings. The van der Waals surface area contributed by atoms with Crippen LogP contribution in [0.25, 0.3) is 53.8 Å². The summed E-state index contributed by atoms with van der Waals surface area (Å²) in [5.41, 5.74) is 9.95. The Labute approximate surface area is 341 Å². The first-order valence-corrected chi connectivity index (χ1v) is 23.7. The predicted octanol–water partition coefficient (Wildman–Crippen LogP) is 13.4. The van der Waals surface area contributed by atoms with Crippen molar-refractivity contribution in [1.82, 2.24) is 9.97 Å². The summed E-state index contributed by atoms with van der Waals surface area (Å²) in [4.78, 5) is 9.51. The number of rotatable bonds is 7. The summed E-state index contributed by atoms with van der Waals surface area (Å²) in [6.45, 7) is 14.1. The Balaban J connectivity index is 0.000000198. The Bertz CT molecular complexity index is 2300. The number of hydrogen-bond donors (Lipinski definition) is 0. The molecule has 4 aromatic carbocycles. The molecule has 0 unspecified atom stereocenters. The molecule has 1 saturated carbocycles. The van der Waals surface area contributed by atoms with E-state index in [0.29, 0.717) is 0 Å². The molecule has 5 heteroatoms. The van der Waals surface area contributed by atoms with Crippen molar-refractivity contribution < 1.29 is 20.1 Å². The van der Waals surface area contributed by atoms with Crippen LogP contribution in [0.3, 0.4) is 0 Å². The third kappa shape index (κ3) is 9.55. The van der Waals surface area contributed by atoms with Crippen LogP contribution in [0.15, 0.2) is 116 Å². The number of fused-ring (bicyclic) bond motifs is 3. The van der Waals surface area contributed by atoms with Crippen molar-refractivity contribution in [2.24, 2.45) is 11.3 Å². The van der Waals surface area contributed by atoms with Gasteiger partial charge in [0, 0.05) is 37.2 Å². The van der Waals surface area contributed by atoms with E-state index in [1.165, 1.54) is 86.1 Å². The van der Waals surface area contributed by atoms with Gasteiger partial charge in [-0.05, 0) is 63.0 Å². The van der Waals surface area contributed by atoms with E-state index in [0.717, 1.165) is 34.9 Å². The van der Waals surface area contributed by atoms with Crippen molar-refractivity contribution in [3.8, 4) is 33.6 Å². The van der Waals surface area contributed by atoms with Gasteiger partial charge >= 0.3 is 0 Å². The number of nitrogens with zero attached hydrogens (tertiary/aromatic N) is 2. The standard InChI is InChI=1S/C30H26NS.C19H26NSi.Ir/c1-3-9-21(10-4-1)19-22-17-18-31-27(20-22)25-16-15-24(23-11-5-2-6-12-23)29-26-13-7-8-14-28(26)32-30(25)29;1-19(2,3)13-16-12-17(15-10-8-7-9-11-15)20-14-18(16)21(4,5)6;/h2,5-8,11-15,17-18,20-21H,1,3-4,9-10,19H2;7-10,12,14H,13H2,1-6H3;/q2*-1;. The van der Waals surface area contributed by atoms with Gasteiger partial charge in [-0.25, -0.2) is 0 Å². The minimum absolute atomic E-state index is 0. The molecule has 279 valence electrons. The van der Waals surface area contributed by atoms with Crippen molar-refractivity contribution in [2.45, 2.75) is 85.4 Å². The number of thiophene rings is 1.